The number of carbonyl (C=O) groups is 1. The van der Waals surface area contributed by atoms with Gasteiger partial charge in [0.05, 0.1) is 0 Å². The SMILES string of the molecule is Cc1cccc(OCC(=O)NCC2CCN(C3CCCC3)CC2)c1. The van der Waals surface area contributed by atoms with E-state index in [9.17, 15) is 4.79 Å². The first-order valence-corrected chi connectivity index (χ1v) is 9.41. The van der Waals surface area contributed by atoms with Crippen molar-refractivity contribution in [2.45, 2.75) is 51.5 Å². The van der Waals surface area contributed by atoms with Crippen molar-refractivity contribution in [3.8, 4) is 5.75 Å². The van der Waals surface area contributed by atoms with Crippen LogP contribution in [-0.2, 0) is 4.79 Å². The van der Waals surface area contributed by atoms with E-state index in [0.29, 0.717) is 5.92 Å². The molecule has 4 nitrogen and oxygen atoms in total. The Labute approximate surface area is 145 Å². The minimum Gasteiger partial charge on any atom is -0.484 e. The zero-order valence-corrected chi connectivity index (χ0v) is 14.8. The van der Waals surface area contributed by atoms with Crippen molar-refractivity contribution >= 4 is 5.91 Å². The van der Waals surface area contributed by atoms with Gasteiger partial charge in [0, 0.05) is 12.6 Å². The molecule has 0 radical (unpaired) electrons. The number of nitrogens with one attached hydrogen (secondary N) is 1. The second kappa shape index (κ2) is 8.52. The second-order valence-corrected chi connectivity index (χ2v) is 7.33. The van der Waals surface area contributed by atoms with Crippen LogP contribution in [0.2, 0.25) is 0 Å². The fourth-order valence-corrected chi connectivity index (χ4v) is 3.95. The van der Waals surface area contributed by atoms with Crippen molar-refractivity contribution in [2.24, 2.45) is 5.92 Å². The van der Waals surface area contributed by atoms with Crippen molar-refractivity contribution in [3.63, 3.8) is 0 Å². The van der Waals surface area contributed by atoms with E-state index in [4.69, 9.17) is 4.74 Å². The summed E-state index contributed by atoms with van der Waals surface area (Å²) in [5, 5.41) is 3.04. The molecule has 2 aliphatic rings. The highest BCUT2D eigenvalue weighted by atomic mass is 16.5. The van der Waals surface area contributed by atoms with E-state index >= 15 is 0 Å². The normalized spacial score (nSPS) is 20.2. The van der Waals surface area contributed by atoms with Gasteiger partial charge < -0.3 is 15.0 Å². The van der Waals surface area contributed by atoms with E-state index in [1.165, 1.54) is 51.6 Å². The number of nitrogens with zero attached hydrogens (tertiary/aromatic N) is 1. The van der Waals surface area contributed by atoms with Crippen molar-refractivity contribution in [1.29, 1.82) is 0 Å². The third-order valence-corrected chi connectivity index (χ3v) is 5.44. The fourth-order valence-electron chi connectivity index (χ4n) is 3.95. The molecule has 0 bridgehead atoms. The first-order chi connectivity index (χ1) is 11.7. The van der Waals surface area contributed by atoms with E-state index in [0.717, 1.165) is 23.9 Å². The molecule has 1 aromatic carbocycles. The van der Waals surface area contributed by atoms with Crippen LogP contribution in [0.5, 0.6) is 5.75 Å². The van der Waals surface area contributed by atoms with Crippen molar-refractivity contribution in [1.82, 2.24) is 10.2 Å². The topological polar surface area (TPSA) is 41.6 Å². The lowest BCUT2D eigenvalue weighted by Gasteiger charge is -2.36. The Kier molecular flexibility index (Phi) is 6.13. The minimum absolute atomic E-state index is 0.0188. The summed E-state index contributed by atoms with van der Waals surface area (Å²) < 4.78 is 5.55. The molecular weight excluding hydrogens is 300 g/mol. The van der Waals surface area contributed by atoms with Crippen LogP contribution in [0, 0.1) is 12.8 Å². The van der Waals surface area contributed by atoms with Crippen LogP contribution in [-0.4, -0.2) is 43.1 Å². The summed E-state index contributed by atoms with van der Waals surface area (Å²) in [5.41, 5.74) is 1.14. The lowest BCUT2D eigenvalue weighted by Crippen LogP contribution is -2.43. The molecule has 1 heterocycles. The molecule has 3 rings (SSSR count). The second-order valence-electron chi connectivity index (χ2n) is 7.33. The Morgan fingerprint density at radius 3 is 2.67 bits per heavy atom. The molecular formula is C20H30N2O2. The number of aryl methyl sites for hydroxylation is 1. The molecule has 1 aliphatic carbocycles. The van der Waals surface area contributed by atoms with E-state index in [1.54, 1.807) is 0 Å². The van der Waals surface area contributed by atoms with E-state index in [1.807, 2.05) is 31.2 Å². The maximum Gasteiger partial charge on any atom is 0.257 e. The summed E-state index contributed by atoms with van der Waals surface area (Å²) in [6.07, 6.45) is 7.99. The van der Waals surface area contributed by atoms with Gasteiger partial charge >= 0.3 is 0 Å². The number of ether oxygens (including phenoxy) is 1. The summed E-state index contributed by atoms with van der Waals surface area (Å²) in [7, 11) is 0. The molecule has 1 saturated heterocycles. The van der Waals surface area contributed by atoms with Crippen LogP contribution in [0.3, 0.4) is 0 Å². The number of hydrogen-bond acceptors (Lipinski definition) is 3. The van der Waals surface area contributed by atoms with Crippen LogP contribution in [0.25, 0.3) is 0 Å². The summed E-state index contributed by atoms with van der Waals surface area (Å²) in [6.45, 7) is 5.31. The maximum atomic E-state index is 12.0. The summed E-state index contributed by atoms with van der Waals surface area (Å²) in [6, 6.07) is 8.64. The van der Waals surface area contributed by atoms with Crippen LogP contribution in [0.15, 0.2) is 24.3 Å². The third-order valence-electron chi connectivity index (χ3n) is 5.44. The predicted octanol–water partition coefficient (Wildman–Crippen LogP) is 3.14. The first-order valence-electron chi connectivity index (χ1n) is 9.41. The lowest BCUT2D eigenvalue weighted by atomic mass is 9.95. The lowest BCUT2D eigenvalue weighted by molar-refractivity contribution is -0.123. The number of piperidine rings is 1. The Balaban J connectivity index is 1.32. The zero-order chi connectivity index (χ0) is 16.8. The molecule has 2 fully saturated rings. The van der Waals surface area contributed by atoms with Gasteiger partial charge in [0.25, 0.3) is 5.91 Å². The molecule has 0 unspecified atom stereocenters. The smallest absolute Gasteiger partial charge is 0.257 e. The van der Waals surface area contributed by atoms with Gasteiger partial charge in [-0.2, -0.15) is 0 Å². The molecule has 132 valence electrons. The van der Waals surface area contributed by atoms with Crippen LogP contribution < -0.4 is 10.1 Å². The highest BCUT2D eigenvalue weighted by Gasteiger charge is 2.27. The van der Waals surface area contributed by atoms with Gasteiger partial charge in [0.15, 0.2) is 6.61 Å². The fraction of sp³-hybridized carbons (Fsp3) is 0.650. The zero-order valence-electron chi connectivity index (χ0n) is 14.8. The quantitative estimate of drug-likeness (QED) is 0.871. The van der Waals surface area contributed by atoms with Crippen molar-refractivity contribution < 1.29 is 9.53 Å². The number of rotatable bonds is 6. The largest absolute Gasteiger partial charge is 0.484 e. The Bertz CT molecular complexity index is 532. The van der Waals surface area contributed by atoms with Gasteiger partial charge in [-0.25, -0.2) is 0 Å². The minimum atomic E-state index is -0.0188. The van der Waals surface area contributed by atoms with Crippen LogP contribution in [0.1, 0.15) is 44.1 Å². The molecule has 1 amide bonds. The van der Waals surface area contributed by atoms with Crippen molar-refractivity contribution in [2.75, 3.05) is 26.2 Å². The molecule has 0 atom stereocenters. The third kappa shape index (κ3) is 4.97. The Hall–Kier alpha value is -1.55. The maximum absolute atomic E-state index is 12.0. The molecule has 1 aromatic rings. The Morgan fingerprint density at radius 2 is 1.96 bits per heavy atom. The van der Waals surface area contributed by atoms with Crippen LogP contribution in [0.4, 0.5) is 0 Å². The molecule has 1 aliphatic heterocycles. The number of likely N-dealkylation sites (tertiary alicyclic amines) is 1. The number of benzene rings is 1. The summed E-state index contributed by atoms with van der Waals surface area (Å²) in [5.74, 6) is 1.36. The van der Waals surface area contributed by atoms with E-state index < -0.39 is 0 Å². The predicted molar refractivity (Wildman–Crippen MR) is 96.2 cm³/mol. The van der Waals surface area contributed by atoms with Gasteiger partial charge in [-0.1, -0.05) is 25.0 Å². The molecule has 0 aromatic heterocycles. The van der Waals surface area contributed by atoms with Gasteiger partial charge in [0.2, 0.25) is 0 Å². The number of carbonyl (C=O) groups excluding carboxylic acids is 1. The molecule has 4 heteroatoms. The van der Waals surface area contributed by atoms with Crippen molar-refractivity contribution in [3.05, 3.63) is 29.8 Å². The van der Waals surface area contributed by atoms with Gasteiger partial charge in [0.1, 0.15) is 5.75 Å². The van der Waals surface area contributed by atoms with Gasteiger partial charge in [-0.15, -0.1) is 0 Å². The van der Waals surface area contributed by atoms with Gasteiger partial charge in [-0.3, -0.25) is 4.79 Å². The number of hydrogen-bond donors (Lipinski definition) is 1. The first kappa shape index (κ1) is 17.3. The van der Waals surface area contributed by atoms with Gasteiger partial charge in [-0.05, 0) is 69.3 Å². The molecule has 1 saturated carbocycles. The van der Waals surface area contributed by atoms with E-state index in [-0.39, 0.29) is 12.5 Å². The average Bonchev–Trinajstić information content (AvgIpc) is 3.13. The molecule has 1 N–H and O–H groups in total. The standard InChI is InChI=1S/C20H30N2O2/c1-16-5-4-8-19(13-16)24-15-20(23)21-14-17-9-11-22(12-10-17)18-6-2-3-7-18/h4-5,8,13,17-18H,2-3,6-7,9-12,14-15H2,1H3,(H,21,23). The van der Waals surface area contributed by atoms with E-state index in [2.05, 4.69) is 10.2 Å². The summed E-state index contributed by atoms with van der Waals surface area (Å²) >= 11 is 0. The highest BCUT2D eigenvalue weighted by Crippen LogP contribution is 2.27. The summed E-state index contributed by atoms with van der Waals surface area (Å²) in [4.78, 5) is 14.6. The van der Waals surface area contributed by atoms with Crippen LogP contribution >= 0.6 is 0 Å². The molecule has 0 spiro atoms. The highest BCUT2D eigenvalue weighted by molar-refractivity contribution is 5.77. The number of amides is 1. The Morgan fingerprint density at radius 1 is 1.21 bits per heavy atom. The monoisotopic (exact) mass is 330 g/mol. The average molecular weight is 330 g/mol. The molecule has 24 heavy (non-hydrogen) atoms.